The van der Waals surface area contributed by atoms with Crippen molar-refractivity contribution in [2.75, 3.05) is 13.7 Å². The van der Waals surface area contributed by atoms with Gasteiger partial charge in [0.15, 0.2) is 11.5 Å². The summed E-state index contributed by atoms with van der Waals surface area (Å²) in [7, 11) is 1.61. The Balaban J connectivity index is 1.90. The number of nitrogens with one attached hydrogen (secondary N) is 1. The first-order valence-corrected chi connectivity index (χ1v) is 11.3. The molecule has 0 aromatic heterocycles. The number of benzene rings is 2. The van der Waals surface area contributed by atoms with Crippen molar-refractivity contribution < 1.29 is 9.47 Å². The quantitative estimate of drug-likeness (QED) is 0.312. The summed E-state index contributed by atoms with van der Waals surface area (Å²) in [6, 6.07) is 9.22. The van der Waals surface area contributed by atoms with Gasteiger partial charge < -0.3 is 14.8 Å². The molecule has 160 valence electrons. The van der Waals surface area contributed by atoms with E-state index in [1.54, 1.807) is 25.3 Å². The van der Waals surface area contributed by atoms with Crippen LogP contribution in [0.2, 0.25) is 15.1 Å². The lowest BCUT2D eigenvalue weighted by Gasteiger charge is -2.15. The molecule has 0 aliphatic heterocycles. The lowest BCUT2D eigenvalue weighted by Crippen LogP contribution is -2.14. The van der Waals surface area contributed by atoms with Crippen LogP contribution in [0.5, 0.6) is 11.5 Å². The van der Waals surface area contributed by atoms with Crippen LogP contribution >= 0.6 is 34.8 Å². The second-order valence-corrected chi connectivity index (χ2v) is 8.26. The normalized spacial score (nSPS) is 10.9. The number of methoxy groups -OCH3 is 1. The van der Waals surface area contributed by atoms with E-state index in [-0.39, 0.29) is 6.61 Å². The van der Waals surface area contributed by atoms with Crippen molar-refractivity contribution in [3.63, 3.8) is 0 Å². The van der Waals surface area contributed by atoms with Crippen LogP contribution < -0.4 is 14.8 Å². The van der Waals surface area contributed by atoms with Gasteiger partial charge in [0.1, 0.15) is 6.61 Å². The van der Waals surface area contributed by atoms with Gasteiger partial charge in [0.05, 0.1) is 12.1 Å². The van der Waals surface area contributed by atoms with Gasteiger partial charge in [-0.15, -0.1) is 0 Å². The van der Waals surface area contributed by atoms with Crippen LogP contribution in [0, 0.1) is 0 Å². The summed E-state index contributed by atoms with van der Waals surface area (Å²) in [5.41, 5.74) is 1.78. The van der Waals surface area contributed by atoms with E-state index in [0.717, 1.165) is 24.2 Å². The lowest BCUT2D eigenvalue weighted by molar-refractivity contribution is 0.284. The van der Waals surface area contributed by atoms with Crippen molar-refractivity contribution in [1.29, 1.82) is 0 Å². The second-order valence-electron chi connectivity index (χ2n) is 7.04. The SMILES string of the molecule is CCCCCCCCNCc1cc(Cl)c(OCc2c(Cl)cccc2Cl)c(OC)c1. The number of hydrogen-bond acceptors (Lipinski definition) is 3. The first-order chi connectivity index (χ1) is 14.1. The second kappa shape index (κ2) is 13.2. The van der Waals surface area contributed by atoms with Crippen LogP contribution in [-0.4, -0.2) is 13.7 Å². The molecule has 0 bridgehead atoms. The smallest absolute Gasteiger partial charge is 0.180 e. The molecule has 2 aromatic carbocycles. The largest absolute Gasteiger partial charge is 0.493 e. The van der Waals surface area contributed by atoms with Gasteiger partial charge in [0.25, 0.3) is 0 Å². The van der Waals surface area contributed by atoms with Crippen LogP contribution in [-0.2, 0) is 13.2 Å². The van der Waals surface area contributed by atoms with Crippen LogP contribution in [0.15, 0.2) is 30.3 Å². The molecule has 2 rings (SSSR count). The van der Waals surface area contributed by atoms with Crippen molar-refractivity contribution in [3.05, 3.63) is 56.5 Å². The average Bonchev–Trinajstić information content (AvgIpc) is 2.70. The van der Waals surface area contributed by atoms with Gasteiger partial charge in [0, 0.05) is 22.2 Å². The fourth-order valence-corrected chi connectivity index (χ4v) is 3.89. The Hall–Kier alpha value is -1.13. The molecule has 0 saturated heterocycles. The molecular weight excluding hydrogens is 429 g/mol. The first-order valence-electron chi connectivity index (χ1n) is 10.2. The van der Waals surface area contributed by atoms with Crippen LogP contribution in [0.4, 0.5) is 0 Å². The van der Waals surface area contributed by atoms with E-state index in [1.807, 2.05) is 12.1 Å². The molecule has 2 aromatic rings. The van der Waals surface area contributed by atoms with Gasteiger partial charge in [-0.3, -0.25) is 0 Å². The van der Waals surface area contributed by atoms with Gasteiger partial charge in [-0.1, -0.05) is 79.9 Å². The highest BCUT2D eigenvalue weighted by Gasteiger charge is 2.14. The number of hydrogen-bond donors (Lipinski definition) is 1. The van der Waals surface area contributed by atoms with Gasteiger partial charge in [-0.2, -0.15) is 0 Å². The minimum atomic E-state index is 0.213. The molecule has 0 radical (unpaired) electrons. The number of halogens is 3. The van der Waals surface area contributed by atoms with Crippen molar-refractivity contribution in [2.45, 2.75) is 58.6 Å². The van der Waals surface area contributed by atoms with Crippen LogP contribution in [0.3, 0.4) is 0 Å². The third-order valence-corrected chi connectivity index (χ3v) is 5.74. The fraction of sp³-hybridized carbons (Fsp3) is 0.478. The molecule has 0 heterocycles. The molecule has 0 saturated carbocycles. The van der Waals surface area contributed by atoms with Crippen molar-refractivity contribution in [3.8, 4) is 11.5 Å². The van der Waals surface area contributed by atoms with Gasteiger partial charge >= 0.3 is 0 Å². The third-order valence-electron chi connectivity index (χ3n) is 4.75. The fourth-order valence-electron chi connectivity index (χ4n) is 3.09. The van der Waals surface area contributed by atoms with Crippen molar-refractivity contribution in [2.24, 2.45) is 0 Å². The zero-order valence-corrected chi connectivity index (χ0v) is 19.5. The average molecular weight is 459 g/mol. The summed E-state index contributed by atoms with van der Waals surface area (Å²) in [5, 5.41) is 5.09. The molecule has 1 N–H and O–H groups in total. The molecule has 3 nitrogen and oxygen atoms in total. The maximum absolute atomic E-state index is 6.47. The Labute approximate surface area is 189 Å². The maximum Gasteiger partial charge on any atom is 0.180 e. The summed E-state index contributed by atoms with van der Waals surface area (Å²) in [5.74, 6) is 1.09. The maximum atomic E-state index is 6.47. The highest BCUT2D eigenvalue weighted by Crippen LogP contribution is 2.38. The third kappa shape index (κ3) is 7.90. The Kier molecular flexibility index (Phi) is 11.0. The Morgan fingerprint density at radius 2 is 1.59 bits per heavy atom. The minimum Gasteiger partial charge on any atom is -0.493 e. The molecule has 0 unspecified atom stereocenters. The molecule has 0 spiro atoms. The Morgan fingerprint density at radius 3 is 2.28 bits per heavy atom. The monoisotopic (exact) mass is 457 g/mol. The summed E-state index contributed by atoms with van der Waals surface area (Å²) in [6.45, 7) is 4.18. The lowest BCUT2D eigenvalue weighted by atomic mass is 10.1. The first kappa shape index (κ1) is 24.1. The molecule has 0 amide bonds. The van der Waals surface area contributed by atoms with E-state index in [1.165, 1.54) is 38.5 Å². The van der Waals surface area contributed by atoms with Crippen LogP contribution in [0.25, 0.3) is 0 Å². The number of ether oxygens (including phenoxy) is 2. The minimum absolute atomic E-state index is 0.213. The predicted octanol–water partition coefficient (Wildman–Crippen LogP) is 7.68. The highest BCUT2D eigenvalue weighted by molar-refractivity contribution is 6.36. The number of rotatable bonds is 13. The zero-order valence-electron chi connectivity index (χ0n) is 17.2. The molecule has 6 heteroatoms. The van der Waals surface area contributed by atoms with Crippen LogP contribution in [0.1, 0.15) is 56.6 Å². The molecule has 0 atom stereocenters. The molecule has 0 aliphatic rings. The Morgan fingerprint density at radius 1 is 0.897 bits per heavy atom. The summed E-state index contributed by atoms with van der Waals surface area (Å²) in [6.07, 6.45) is 7.73. The van der Waals surface area contributed by atoms with E-state index in [2.05, 4.69) is 12.2 Å². The predicted molar refractivity (Wildman–Crippen MR) is 124 cm³/mol. The van der Waals surface area contributed by atoms with Gasteiger partial charge in [-0.05, 0) is 42.8 Å². The summed E-state index contributed by atoms with van der Waals surface area (Å²) < 4.78 is 11.4. The van der Waals surface area contributed by atoms with E-state index in [4.69, 9.17) is 44.3 Å². The molecule has 0 fully saturated rings. The molecular formula is C23H30Cl3NO2. The topological polar surface area (TPSA) is 30.5 Å². The zero-order chi connectivity index (χ0) is 21.1. The van der Waals surface area contributed by atoms with Gasteiger partial charge in [-0.25, -0.2) is 0 Å². The van der Waals surface area contributed by atoms with E-state index in [0.29, 0.717) is 26.6 Å². The summed E-state index contributed by atoms with van der Waals surface area (Å²) in [4.78, 5) is 0. The van der Waals surface area contributed by atoms with E-state index >= 15 is 0 Å². The Bertz CT molecular complexity index is 748. The molecule has 0 aliphatic carbocycles. The number of unbranched alkanes of at least 4 members (excludes halogenated alkanes) is 5. The van der Waals surface area contributed by atoms with Crippen molar-refractivity contribution in [1.82, 2.24) is 5.32 Å². The van der Waals surface area contributed by atoms with E-state index < -0.39 is 0 Å². The highest BCUT2D eigenvalue weighted by atomic mass is 35.5. The van der Waals surface area contributed by atoms with Crippen molar-refractivity contribution >= 4 is 34.8 Å². The van der Waals surface area contributed by atoms with E-state index in [9.17, 15) is 0 Å². The standard InChI is InChI=1S/C23H30Cl3NO2/c1-3-4-5-6-7-8-12-27-15-17-13-21(26)23(22(14-17)28-2)29-16-18-19(24)10-9-11-20(18)25/h9-11,13-14,27H,3-8,12,15-16H2,1-2H3. The summed E-state index contributed by atoms with van der Waals surface area (Å²) >= 11 is 18.9. The van der Waals surface area contributed by atoms with Gasteiger partial charge in [0.2, 0.25) is 0 Å². The molecule has 29 heavy (non-hydrogen) atoms.